The van der Waals surface area contributed by atoms with Crippen molar-refractivity contribution in [2.75, 3.05) is 5.32 Å². The SMILES string of the molecule is Cc1ccc(NC2C3(C)CCC(C3)C2(C)C)cc1[N+](=O)[O-]. The quantitative estimate of drug-likeness (QED) is 0.656. The summed E-state index contributed by atoms with van der Waals surface area (Å²) < 4.78 is 0. The summed E-state index contributed by atoms with van der Waals surface area (Å²) in [5.41, 5.74) is 2.34. The Morgan fingerprint density at radius 2 is 2.05 bits per heavy atom. The van der Waals surface area contributed by atoms with Gasteiger partial charge < -0.3 is 5.32 Å². The minimum absolute atomic E-state index is 0.200. The van der Waals surface area contributed by atoms with Gasteiger partial charge in [0, 0.05) is 23.4 Å². The van der Waals surface area contributed by atoms with E-state index in [4.69, 9.17) is 0 Å². The number of hydrogen-bond acceptors (Lipinski definition) is 3. The predicted octanol–water partition coefficient (Wildman–Crippen LogP) is 4.53. The van der Waals surface area contributed by atoms with Crippen molar-refractivity contribution in [1.82, 2.24) is 0 Å². The molecule has 0 heterocycles. The highest BCUT2D eigenvalue weighted by atomic mass is 16.6. The van der Waals surface area contributed by atoms with Crippen LogP contribution in [0.5, 0.6) is 0 Å². The summed E-state index contributed by atoms with van der Waals surface area (Å²) in [5.74, 6) is 0.764. The second-order valence-electron chi connectivity index (χ2n) is 7.75. The van der Waals surface area contributed by atoms with E-state index in [1.54, 1.807) is 13.0 Å². The Bertz CT molecular complexity index is 592. The molecule has 2 saturated carbocycles. The number of nitro benzene ring substituents is 1. The van der Waals surface area contributed by atoms with Crippen LogP contribution in [-0.2, 0) is 0 Å². The van der Waals surface area contributed by atoms with Crippen molar-refractivity contribution in [3.8, 4) is 0 Å². The number of nitrogens with one attached hydrogen (secondary N) is 1. The lowest BCUT2D eigenvalue weighted by Gasteiger charge is -2.43. The first-order chi connectivity index (χ1) is 9.74. The van der Waals surface area contributed by atoms with Crippen molar-refractivity contribution in [1.29, 1.82) is 0 Å². The van der Waals surface area contributed by atoms with Crippen LogP contribution in [0.1, 0.15) is 45.6 Å². The van der Waals surface area contributed by atoms with Gasteiger partial charge in [-0.25, -0.2) is 0 Å². The lowest BCUT2D eigenvalue weighted by atomic mass is 9.68. The van der Waals surface area contributed by atoms with Crippen molar-refractivity contribution in [3.63, 3.8) is 0 Å². The van der Waals surface area contributed by atoms with Crippen molar-refractivity contribution < 1.29 is 4.92 Å². The van der Waals surface area contributed by atoms with E-state index >= 15 is 0 Å². The molecule has 4 heteroatoms. The molecule has 1 N–H and O–H groups in total. The summed E-state index contributed by atoms with van der Waals surface area (Å²) >= 11 is 0. The topological polar surface area (TPSA) is 55.2 Å². The number of fused-ring (bicyclic) bond motifs is 2. The molecule has 3 rings (SSSR count). The standard InChI is InChI=1S/C17H24N2O2/c1-11-5-6-13(9-14(11)19(20)21)18-15-16(2,3)12-7-8-17(15,4)10-12/h5-6,9,12,15,18H,7-8,10H2,1-4H3. The van der Waals surface area contributed by atoms with E-state index in [0.717, 1.165) is 11.6 Å². The molecule has 0 aliphatic heterocycles. The number of anilines is 1. The van der Waals surface area contributed by atoms with Crippen LogP contribution >= 0.6 is 0 Å². The van der Waals surface area contributed by atoms with Crippen LogP contribution in [0.2, 0.25) is 0 Å². The van der Waals surface area contributed by atoms with Crippen LogP contribution < -0.4 is 5.32 Å². The molecule has 1 aromatic carbocycles. The molecule has 0 aromatic heterocycles. The Kier molecular flexibility index (Phi) is 3.05. The van der Waals surface area contributed by atoms with Gasteiger partial charge in [0.05, 0.1) is 4.92 Å². The number of hydrogen-bond donors (Lipinski definition) is 1. The first-order valence-corrected chi connectivity index (χ1v) is 7.76. The van der Waals surface area contributed by atoms with Gasteiger partial charge in [0.15, 0.2) is 0 Å². The fourth-order valence-corrected chi connectivity index (χ4v) is 4.72. The van der Waals surface area contributed by atoms with Crippen LogP contribution in [0.15, 0.2) is 18.2 Å². The molecule has 4 nitrogen and oxygen atoms in total. The predicted molar refractivity (Wildman–Crippen MR) is 84.5 cm³/mol. The average molecular weight is 288 g/mol. The minimum atomic E-state index is -0.297. The van der Waals surface area contributed by atoms with Gasteiger partial charge in [0.2, 0.25) is 0 Å². The monoisotopic (exact) mass is 288 g/mol. The fraction of sp³-hybridized carbons (Fsp3) is 0.647. The second-order valence-corrected chi connectivity index (χ2v) is 7.75. The summed E-state index contributed by atoms with van der Waals surface area (Å²) in [4.78, 5) is 10.8. The third-order valence-corrected chi connectivity index (χ3v) is 5.99. The van der Waals surface area contributed by atoms with Crippen LogP contribution in [0.4, 0.5) is 11.4 Å². The molecule has 0 saturated heterocycles. The van der Waals surface area contributed by atoms with E-state index in [0.29, 0.717) is 17.0 Å². The van der Waals surface area contributed by atoms with E-state index in [1.807, 2.05) is 12.1 Å². The van der Waals surface area contributed by atoms with Crippen LogP contribution in [-0.4, -0.2) is 11.0 Å². The third-order valence-electron chi connectivity index (χ3n) is 5.99. The lowest BCUT2D eigenvalue weighted by Crippen LogP contribution is -2.45. The Labute approximate surface area is 126 Å². The van der Waals surface area contributed by atoms with Gasteiger partial charge in [0.1, 0.15) is 0 Å². The molecular formula is C17H24N2O2. The Balaban J connectivity index is 1.90. The summed E-state index contributed by atoms with van der Waals surface area (Å²) in [6.07, 6.45) is 3.84. The summed E-state index contributed by atoms with van der Waals surface area (Å²) in [6, 6.07) is 5.86. The van der Waals surface area contributed by atoms with E-state index < -0.39 is 0 Å². The highest BCUT2D eigenvalue weighted by molar-refractivity contribution is 5.56. The molecule has 3 unspecified atom stereocenters. The lowest BCUT2D eigenvalue weighted by molar-refractivity contribution is -0.385. The molecule has 3 atom stereocenters. The Morgan fingerprint density at radius 1 is 1.33 bits per heavy atom. The molecule has 1 aromatic rings. The number of rotatable bonds is 3. The molecule has 0 amide bonds. The molecule has 2 aliphatic rings. The maximum absolute atomic E-state index is 11.1. The zero-order chi connectivity index (χ0) is 15.4. The Hall–Kier alpha value is -1.58. The third kappa shape index (κ3) is 2.12. The largest absolute Gasteiger partial charge is 0.381 e. The zero-order valence-corrected chi connectivity index (χ0v) is 13.3. The van der Waals surface area contributed by atoms with Gasteiger partial charge in [-0.05, 0) is 49.0 Å². The fourth-order valence-electron chi connectivity index (χ4n) is 4.72. The van der Waals surface area contributed by atoms with Crippen molar-refractivity contribution in [2.24, 2.45) is 16.7 Å². The van der Waals surface area contributed by atoms with E-state index in [9.17, 15) is 10.1 Å². The molecule has 0 radical (unpaired) electrons. The molecule has 21 heavy (non-hydrogen) atoms. The number of nitro groups is 1. The van der Waals surface area contributed by atoms with Crippen LogP contribution in [0.3, 0.4) is 0 Å². The Morgan fingerprint density at radius 3 is 2.62 bits per heavy atom. The van der Waals surface area contributed by atoms with E-state index in [-0.39, 0.29) is 16.0 Å². The van der Waals surface area contributed by atoms with Gasteiger partial charge in [-0.1, -0.05) is 26.8 Å². The van der Waals surface area contributed by atoms with Crippen LogP contribution in [0, 0.1) is 33.8 Å². The molecule has 114 valence electrons. The van der Waals surface area contributed by atoms with E-state index in [1.165, 1.54) is 19.3 Å². The highest BCUT2D eigenvalue weighted by Gasteiger charge is 2.59. The molecule has 0 spiro atoms. The normalized spacial score (nSPS) is 33.1. The van der Waals surface area contributed by atoms with Gasteiger partial charge in [0.25, 0.3) is 5.69 Å². The second kappa shape index (κ2) is 4.46. The van der Waals surface area contributed by atoms with Gasteiger partial charge in [-0.15, -0.1) is 0 Å². The molecule has 2 fully saturated rings. The van der Waals surface area contributed by atoms with Gasteiger partial charge >= 0.3 is 0 Å². The summed E-state index contributed by atoms with van der Waals surface area (Å²) in [7, 11) is 0. The maximum atomic E-state index is 11.1. The summed E-state index contributed by atoms with van der Waals surface area (Å²) in [6.45, 7) is 8.82. The minimum Gasteiger partial charge on any atom is -0.381 e. The van der Waals surface area contributed by atoms with E-state index in [2.05, 4.69) is 26.1 Å². The first-order valence-electron chi connectivity index (χ1n) is 7.76. The highest BCUT2D eigenvalue weighted by Crippen LogP contribution is 2.63. The van der Waals surface area contributed by atoms with Crippen molar-refractivity contribution >= 4 is 11.4 Å². The molecule has 2 bridgehead atoms. The van der Waals surface area contributed by atoms with Crippen molar-refractivity contribution in [2.45, 2.75) is 53.0 Å². The van der Waals surface area contributed by atoms with Gasteiger partial charge in [-0.2, -0.15) is 0 Å². The first kappa shape index (κ1) is 14.4. The number of aryl methyl sites for hydroxylation is 1. The van der Waals surface area contributed by atoms with Crippen molar-refractivity contribution in [3.05, 3.63) is 33.9 Å². The molecular weight excluding hydrogens is 264 g/mol. The van der Waals surface area contributed by atoms with Crippen LogP contribution in [0.25, 0.3) is 0 Å². The summed E-state index contributed by atoms with van der Waals surface area (Å²) in [5, 5.41) is 14.7. The zero-order valence-electron chi connectivity index (χ0n) is 13.3. The van der Waals surface area contributed by atoms with Gasteiger partial charge in [-0.3, -0.25) is 10.1 Å². The number of benzene rings is 1. The smallest absolute Gasteiger partial charge is 0.274 e. The maximum Gasteiger partial charge on any atom is 0.274 e. The number of nitrogens with zero attached hydrogens (tertiary/aromatic N) is 1. The molecule has 2 aliphatic carbocycles. The average Bonchev–Trinajstić information content (AvgIpc) is 2.87.